The molecule has 1 aliphatic heterocycles. The number of methoxy groups -OCH3 is 1. The molecule has 0 aliphatic carbocycles. The smallest absolute Gasteiger partial charge is 0.240 e. The highest BCUT2D eigenvalue weighted by Gasteiger charge is 2.28. The minimum absolute atomic E-state index is 0.0569. The Kier molecular flexibility index (Phi) is 4.17. The molecule has 1 fully saturated rings. The summed E-state index contributed by atoms with van der Waals surface area (Å²) in [6.07, 6.45) is 5.55. The average molecular weight is 302 g/mol. The SMILES string of the molecule is COCCn1cc(N2CCCC(Br)C2=O)cn1. The highest BCUT2D eigenvalue weighted by atomic mass is 79.9. The lowest BCUT2D eigenvalue weighted by molar-refractivity contribution is -0.118. The maximum absolute atomic E-state index is 12.0. The van der Waals surface area contributed by atoms with E-state index in [9.17, 15) is 4.79 Å². The molecule has 2 heterocycles. The van der Waals surface area contributed by atoms with Crippen molar-refractivity contribution in [2.75, 3.05) is 25.2 Å². The molecule has 0 saturated carbocycles. The van der Waals surface area contributed by atoms with Gasteiger partial charge in [0.1, 0.15) is 0 Å². The van der Waals surface area contributed by atoms with Gasteiger partial charge in [-0.3, -0.25) is 9.48 Å². The van der Waals surface area contributed by atoms with Gasteiger partial charge in [0.15, 0.2) is 0 Å². The van der Waals surface area contributed by atoms with Gasteiger partial charge in [0.05, 0.1) is 29.9 Å². The van der Waals surface area contributed by atoms with Crippen LogP contribution >= 0.6 is 15.9 Å². The fraction of sp³-hybridized carbons (Fsp3) is 0.636. The molecule has 0 bridgehead atoms. The Labute approximate surface area is 109 Å². The minimum atomic E-state index is -0.0569. The van der Waals surface area contributed by atoms with Gasteiger partial charge in [-0.1, -0.05) is 15.9 Å². The molecule has 1 aliphatic rings. The van der Waals surface area contributed by atoms with Crippen LogP contribution < -0.4 is 4.90 Å². The van der Waals surface area contributed by atoms with Crippen LogP contribution in [0.15, 0.2) is 12.4 Å². The van der Waals surface area contributed by atoms with Crippen molar-refractivity contribution in [3.63, 3.8) is 0 Å². The van der Waals surface area contributed by atoms with Crippen LogP contribution in [0.2, 0.25) is 0 Å². The average Bonchev–Trinajstić information content (AvgIpc) is 2.78. The van der Waals surface area contributed by atoms with Crippen LogP contribution in [0.3, 0.4) is 0 Å². The Morgan fingerprint density at radius 2 is 2.47 bits per heavy atom. The largest absolute Gasteiger partial charge is 0.383 e. The zero-order valence-corrected chi connectivity index (χ0v) is 11.4. The van der Waals surface area contributed by atoms with Gasteiger partial charge in [-0.25, -0.2) is 0 Å². The molecule has 1 saturated heterocycles. The number of carbonyl (C=O) groups excluding carboxylic acids is 1. The van der Waals surface area contributed by atoms with Crippen molar-refractivity contribution in [2.24, 2.45) is 0 Å². The van der Waals surface area contributed by atoms with Gasteiger partial charge in [0.2, 0.25) is 5.91 Å². The monoisotopic (exact) mass is 301 g/mol. The summed E-state index contributed by atoms with van der Waals surface area (Å²) >= 11 is 3.40. The summed E-state index contributed by atoms with van der Waals surface area (Å²) < 4.78 is 6.79. The fourth-order valence-electron chi connectivity index (χ4n) is 1.89. The second-order valence-electron chi connectivity index (χ2n) is 4.05. The van der Waals surface area contributed by atoms with E-state index < -0.39 is 0 Å². The number of hydrogen-bond acceptors (Lipinski definition) is 3. The highest BCUT2D eigenvalue weighted by Crippen LogP contribution is 2.24. The van der Waals surface area contributed by atoms with Crippen LogP contribution in [0.4, 0.5) is 5.69 Å². The molecule has 1 amide bonds. The number of anilines is 1. The molecular weight excluding hydrogens is 286 g/mol. The third-order valence-corrected chi connectivity index (χ3v) is 3.68. The Balaban J connectivity index is 2.06. The second-order valence-corrected chi connectivity index (χ2v) is 5.16. The molecule has 0 spiro atoms. The zero-order chi connectivity index (χ0) is 12.3. The normalized spacial score (nSPS) is 20.9. The van der Waals surface area contributed by atoms with Crippen molar-refractivity contribution >= 4 is 27.5 Å². The maximum atomic E-state index is 12.0. The van der Waals surface area contributed by atoms with E-state index in [2.05, 4.69) is 21.0 Å². The first-order chi connectivity index (χ1) is 8.22. The van der Waals surface area contributed by atoms with Gasteiger partial charge in [0.25, 0.3) is 0 Å². The van der Waals surface area contributed by atoms with E-state index in [4.69, 9.17) is 4.74 Å². The van der Waals surface area contributed by atoms with Gasteiger partial charge in [-0.15, -0.1) is 0 Å². The lowest BCUT2D eigenvalue weighted by Crippen LogP contribution is -2.41. The number of nitrogens with zero attached hydrogens (tertiary/aromatic N) is 3. The van der Waals surface area contributed by atoms with Crippen molar-refractivity contribution in [1.82, 2.24) is 9.78 Å². The predicted octanol–water partition coefficient (Wildman–Crippen LogP) is 1.42. The van der Waals surface area contributed by atoms with Crippen molar-refractivity contribution in [3.8, 4) is 0 Å². The number of ether oxygens (including phenoxy) is 1. The molecule has 6 heteroatoms. The number of piperidine rings is 1. The van der Waals surface area contributed by atoms with Crippen LogP contribution in [0, 0.1) is 0 Å². The lowest BCUT2D eigenvalue weighted by atomic mass is 10.1. The van der Waals surface area contributed by atoms with Gasteiger partial charge in [-0.2, -0.15) is 5.10 Å². The Bertz CT molecular complexity index is 394. The number of hydrogen-bond donors (Lipinski definition) is 0. The van der Waals surface area contributed by atoms with Crippen LogP contribution in [-0.4, -0.2) is 40.8 Å². The van der Waals surface area contributed by atoms with E-state index in [-0.39, 0.29) is 10.7 Å². The lowest BCUT2D eigenvalue weighted by Gasteiger charge is -2.28. The number of amides is 1. The molecule has 17 heavy (non-hydrogen) atoms. The number of rotatable bonds is 4. The molecule has 0 aromatic carbocycles. The number of carbonyl (C=O) groups is 1. The third-order valence-electron chi connectivity index (χ3n) is 2.83. The van der Waals surface area contributed by atoms with E-state index in [0.29, 0.717) is 13.2 Å². The number of aromatic nitrogens is 2. The maximum Gasteiger partial charge on any atom is 0.240 e. The molecule has 5 nitrogen and oxygen atoms in total. The highest BCUT2D eigenvalue weighted by molar-refractivity contribution is 9.10. The minimum Gasteiger partial charge on any atom is -0.383 e. The molecule has 1 aromatic heterocycles. The fourth-order valence-corrected chi connectivity index (χ4v) is 2.46. The van der Waals surface area contributed by atoms with E-state index in [0.717, 1.165) is 25.1 Å². The summed E-state index contributed by atoms with van der Waals surface area (Å²) in [6.45, 7) is 2.10. The summed E-state index contributed by atoms with van der Waals surface area (Å²) in [4.78, 5) is 13.7. The Morgan fingerprint density at radius 1 is 1.65 bits per heavy atom. The predicted molar refractivity (Wildman–Crippen MR) is 68.4 cm³/mol. The zero-order valence-electron chi connectivity index (χ0n) is 9.80. The van der Waals surface area contributed by atoms with Crippen LogP contribution in [0.25, 0.3) is 0 Å². The van der Waals surface area contributed by atoms with Crippen LogP contribution in [-0.2, 0) is 16.1 Å². The summed E-state index contributed by atoms with van der Waals surface area (Å²) in [6, 6.07) is 0. The van der Waals surface area contributed by atoms with E-state index in [1.54, 1.807) is 22.9 Å². The van der Waals surface area contributed by atoms with E-state index >= 15 is 0 Å². The number of alkyl halides is 1. The first kappa shape index (κ1) is 12.6. The van der Waals surface area contributed by atoms with Crippen LogP contribution in [0.1, 0.15) is 12.8 Å². The first-order valence-electron chi connectivity index (χ1n) is 5.69. The molecular formula is C11H16BrN3O2. The number of halogens is 1. The van der Waals surface area contributed by atoms with Gasteiger partial charge in [-0.05, 0) is 12.8 Å². The van der Waals surface area contributed by atoms with Crippen molar-refractivity contribution in [2.45, 2.75) is 24.2 Å². The quantitative estimate of drug-likeness (QED) is 0.790. The second kappa shape index (κ2) is 5.64. The molecule has 1 unspecified atom stereocenters. The van der Waals surface area contributed by atoms with E-state index in [1.807, 2.05) is 6.20 Å². The summed E-state index contributed by atoms with van der Waals surface area (Å²) in [7, 11) is 1.66. The summed E-state index contributed by atoms with van der Waals surface area (Å²) in [5.74, 6) is 0.127. The van der Waals surface area contributed by atoms with Crippen molar-refractivity contribution in [3.05, 3.63) is 12.4 Å². The van der Waals surface area contributed by atoms with Gasteiger partial charge < -0.3 is 9.64 Å². The van der Waals surface area contributed by atoms with Crippen molar-refractivity contribution in [1.29, 1.82) is 0 Å². The Hall–Kier alpha value is -0.880. The summed E-state index contributed by atoms with van der Waals surface area (Å²) in [5, 5.41) is 4.22. The van der Waals surface area contributed by atoms with Gasteiger partial charge >= 0.3 is 0 Å². The molecule has 94 valence electrons. The van der Waals surface area contributed by atoms with Crippen molar-refractivity contribution < 1.29 is 9.53 Å². The van der Waals surface area contributed by atoms with Crippen LogP contribution in [0.5, 0.6) is 0 Å². The molecule has 1 aromatic rings. The van der Waals surface area contributed by atoms with Gasteiger partial charge in [0, 0.05) is 19.9 Å². The Morgan fingerprint density at radius 3 is 3.24 bits per heavy atom. The topological polar surface area (TPSA) is 47.4 Å². The standard InChI is InChI=1S/C11H16BrN3O2/c1-17-6-5-14-8-9(7-13-14)15-4-2-3-10(12)11(15)16/h7-8,10H,2-6H2,1H3. The molecule has 0 N–H and O–H groups in total. The first-order valence-corrected chi connectivity index (χ1v) is 6.61. The molecule has 2 rings (SSSR count). The summed E-state index contributed by atoms with van der Waals surface area (Å²) in [5.41, 5.74) is 0.871. The third kappa shape index (κ3) is 2.87. The molecule has 1 atom stereocenters. The molecule has 0 radical (unpaired) electrons. The van der Waals surface area contributed by atoms with E-state index in [1.165, 1.54) is 0 Å².